The van der Waals surface area contributed by atoms with Gasteiger partial charge in [0.1, 0.15) is 0 Å². The minimum absolute atomic E-state index is 0.129. The summed E-state index contributed by atoms with van der Waals surface area (Å²) >= 11 is 1.48. The average Bonchev–Trinajstić information content (AvgIpc) is 2.80. The summed E-state index contributed by atoms with van der Waals surface area (Å²) in [6.45, 7) is 4.45. The van der Waals surface area contributed by atoms with Gasteiger partial charge in [0.25, 0.3) is 0 Å². The van der Waals surface area contributed by atoms with Crippen molar-refractivity contribution < 1.29 is 8.42 Å². The average molecular weight is 316 g/mol. The number of nitrogens with two attached hydrogens (primary N) is 1. The molecule has 0 aliphatic heterocycles. The molecular weight excluding hydrogens is 292 g/mol. The quantitative estimate of drug-likeness (QED) is 0.929. The standard InChI is InChI=1S/C14H24N2O2S2/c1-10-5-4-6-12(7-10)16(3)20(17,18)14-8-13(9-15)19-11(14)2/h8,10,12H,4-7,9,15H2,1-3H3. The van der Waals surface area contributed by atoms with Gasteiger partial charge in [0.15, 0.2) is 0 Å². The highest BCUT2D eigenvalue weighted by Crippen LogP contribution is 2.33. The van der Waals surface area contributed by atoms with Crippen LogP contribution >= 0.6 is 11.3 Å². The fourth-order valence-electron chi connectivity index (χ4n) is 2.96. The Kier molecular flexibility index (Phi) is 4.89. The third-order valence-electron chi connectivity index (χ3n) is 4.20. The molecule has 1 heterocycles. The van der Waals surface area contributed by atoms with E-state index in [1.165, 1.54) is 17.8 Å². The van der Waals surface area contributed by atoms with Crippen molar-refractivity contribution in [2.75, 3.05) is 7.05 Å². The minimum atomic E-state index is -3.39. The molecule has 0 saturated heterocycles. The largest absolute Gasteiger partial charge is 0.326 e. The third-order valence-corrected chi connectivity index (χ3v) is 7.44. The summed E-state index contributed by atoms with van der Waals surface area (Å²) < 4.78 is 27.1. The molecule has 0 amide bonds. The highest BCUT2D eigenvalue weighted by atomic mass is 32.2. The SMILES string of the molecule is Cc1sc(CN)cc1S(=O)(=O)N(C)C1CCCC(C)C1. The number of aryl methyl sites for hydroxylation is 1. The third kappa shape index (κ3) is 3.08. The van der Waals surface area contributed by atoms with Crippen molar-refractivity contribution in [2.45, 2.75) is 57.0 Å². The smallest absolute Gasteiger partial charge is 0.244 e. The highest BCUT2D eigenvalue weighted by molar-refractivity contribution is 7.89. The Bertz CT molecular complexity index is 566. The summed E-state index contributed by atoms with van der Waals surface area (Å²) in [5.74, 6) is 0.606. The van der Waals surface area contributed by atoms with E-state index in [0.29, 0.717) is 17.4 Å². The maximum atomic E-state index is 12.8. The van der Waals surface area contributed by atoms with Gasteiger partial charge < -0.3 is 5.73 Å². The van der Waals surface area contributed by atoms with Crippen molar-refractivity contribution in [2.24, 2.45) is 11.7 Å². The molecule has 1 saturated carbocycles. The van der Waals surface area contributed by atoms with Gasteiger partial charge in [0, 0.05) is 29.4 Å². The summed E-state index contributed by atoms with van der Waals surface area (Å²) in [5.41, 5.74) is 5.61. The normalized spacial score (nSPS) is 24.2. The van der Waals surface area contributed by atoms with Crippen molar-refractivity contribution in [3.63, 3.8) is 0 Å². The number of rotatable bonds is 4. The Labute approximate surface area is 126 Å². The molecule has 2 rings (SSSR count). The second-order valence-corrected chi connectivity index (χ2v) is 9.09. The molecule has 0 aromatic carbocycles. The van der Waals surface area contributed by atoms with Crippen LogP contribution in [0.4, 0.5) is 0 Å². The van der Waals surface area contributed by atoms with Gasteiger partial charge in [-0.15, -0.1) is 11.3 Å². The van der Waals surface area contributed by atoms with E-state index in [1.54, 1.807) is 17.4 Å². The van der Waals surface area contributed by atoms with Crippen LogP contribution in [0.25, 0.3) is 0 Å². The molecule has 2 unspecified atom stereocenters. The van der Waals surface area contributed by atoms with Crippen LogP contribution in [0.15, 0.2) is 11.0 Å². The van der Waals surface area contributed by atoms with Gasteiger partial charge in [0.2, 0.25) is 10.0 Å². The summed E-state index contributed by atoms with van der Waals surface area (Å²) in [7, 11) is -1.67. The summed E-state index contributed by atoms with van der Waals surface area (Å²) in [6, 6.07) is 1.86. The van der Waals surface area contributed by atoms with E-state index in [4.69, 9.17) is 5.73 Å². The number of hydrogen-bond acceptors (Lipinski definition) is 4. The van der Waals surface area contributed by atoms with Crippen LogP contribution in [0, 0.1) is 12.8 Å². The first-order valence-electron chi connectivity index (χ1n) is 7.13. The predicted octanol–water partition coefficient (Wildman–Crippen LogP) is 2.71. The second kappa shape index (κ2) is 6.13. The zero-order valence-corrected chi connectivity index (χ0v) is 14.1. The fraction of sp³-hybridized carbons (Fsp3) is 0.714. The maximum Gasteiger partial charge on any atom is 0.244 e. The van der Waals surface area contributed by atoms with Crippen molar-refractivity contribution in [1.29, 1.82) is 0 Å². The molecule has 0 spiro atoms. The van der Waals surface area contributed by atoms with E-state index in [2.05, 4.69) is 6.92 Å². The Morgan fingerprint density at radius 3 is 2.70 bits per heavy atom. The molecule has 0 bridgehead atoms. The lowest BCUT2D eigenvalue weighted by Gasteiger charge is -2.33. The van der Waals surface area contributed by atoms with Crippen molar-refractivity contribution >= 4 is 21.4 Å². The Hall–Kier alpha value is -0.430. The molecule has 20 heavy (non-hydrogen) atoms. The summed E-state index contributed by atoms with van der Waals surface area (Å²) in [5, 5.41) is 0. The van der Waals surface area contributed by atoms with Crippen LogP contribution in [-0.4, -0.2) is 25.8 Å². The monoisotopic (exact) mass is 316 g/mol. The lowest BCUT2D eigenvalue weighted by atomic mass is 9.87. The van der Waals surface area contributed by atoms with E-state index in [9.17, 15) is 8.42 Å². The van der Waals surface area contributed by atoms with E-state index in [-0.39, 0.29) is 6.04 Å². The minimum Gasteiger partial charge on any atom is -0.326 e. The Morgan fingerprint density at radius 2 is 2.15 bits per heavy atom. The number of hydrogen-bond donors (Lipinski definition) is 1. The predicted molar refractivity (Wildman–Crippen MR) is 83.3 cm³/mol. The van der Waals surface area contributed by atoms with Crippen LogP contribution in [0.1, 0.15) is 42.4 Å². The molecule has 1 aliphatic rings. The van der Waals surface area contributed by atoms with Gasteiger partial charge in [-0.3, -0.25) is 0 Å². The molecule has 114 valence electrons. The van der Waals surface area contributed by atoms with Gasteiger partial charge in [-0.1, -0.05) is 19.8 Å². The summed E-state index contributed by atoms with van der Waals surface area (Å²) in [6.07, 6.45) is 4.25. The van der Waals surface area contributed by atoms with Gasteiger partial charge in [-0.05, 0) is 31.7 Å². The zero-order chi connectivity index (χ0) is 14.9. The van der Waals surface area contributed by atoms with Crippen LogP contribution in [-0.2, 0) is 16.6 Å². The van der Waals surface area contributed by atoms with Gasteiger partial charge in [-0.2, -0.15) is 4.31 Å². The lowest BCUT2D eigenvalue weighted by molar-refractivity contribution is 0.239. The van der Waals surface area contributed by atoms with Gasteiger partial charge in [0.05, 0.1) is 4.90 Å². The van der Waals surface area contributed by atoms with Crippen molar-refractivity contribution in [1.82, 2.24) is 4.31 Å². The number of thiophene rings is 1. The lowest BCUT2D eigenvalue weighted by Crippen LogP contribution is -2.39. The van der Waals surface area contributed by atoms with Gasteiger partial charge in [-0.25, -0.2) is 8.42 Å². The number of nitrogens with zero attached hydrogens (tertiary/aromatic N) is 1. The topological polar surface area (TPSA) is 63.4 Å². The van der Waals surface area contributed by atoms with E-state index in [1.807, 2.05) is 6.92 Å². The fourth-order valence-corrected chi connectivity index (χ4v) is 5.84. The molecular formula is C14H24N2O2S2. The maximum absolute atomic E-state index is 12.8. The van der Waals surface area contributed by atoms with Crippen molar-refractivity contribution in [3.05, 3.63) is 15.8 Å². The van der Waals surface area contributed by atoms with Crippen LogP contribution in [0.3, 0.4) is 0 Å². The molecule has 1 aromatic rings. The Balaban J connectivity index is 2.26. The summed E-state index contributed by atoms with van der Waals surface area (Å²) in [4.78, 5) is 2.19. The van der Waals surface area contributed by atoms with E-state index >= 15 is 0 Å². The molecule has 1 aromatic heterocycles. The molecule has 2 atom stereocenters. The second-order valence-electron chi connectivity index (χ2n) is 5.78. The molecule has 1 fully saturated rings. The first kappa shape index (κ1) is 15.9. The first-order chi connectivity index (χ1) is 9.36. The Morgan fingerprint density at radius 1 is 1.45 bits per heavy atom. The van der Waals surface area contributed by atoms with Crippen LogP contribution < -0.4 is 5.73 Å². The van der Waals surface area contributed by atoms with E-state index < -0.39 is 10.0 Å². The van der Waals surface area contributed by atoms with E-state index in [0.717, 1.165) is 29.0 Å². The van der Waals surface area contributed by atoms with Crippen molar-refractivity contribution in [3.8, 4) is 0 Å². The molecule has 6 heteroatoms. The van der Waals surface area contributed by atoms with Crippen LogP contribution in [0.2, 0.25) is 0 Å². The molecule has 2 N–H and O–H groups in total. The molecule has 1 aliphatic carbocycles. The highest BCUT2D eigenvalue weighted by Gasteiger charge is 2.32. The number of sulfonamides is 1. The van der Waals surface area contributed by atoms with Crippen LogP contribution in [0.5, 0.6) is 0 Å². The zero-order valence-electron chi connectivity index (χ0n) is 12.4. The first-order valence-corrected chi connectivity index (χ1v) is 9.39. The van der Waals surface area contributed by atoms with Gasteiger partial charge >= 0.3 is 0 Å². The molecule has 0 radical (unpaired) electrons. The molecule has 4 nitrogen and oxygen atoms in total.